The Kier molecular flexibility index (Phi) is 3.73. The van der Waals surface area contributed by atoms with E-state index >= 15 is 0 Å². The number of nitrogens with zero attached hydrogens (tertiary/aromatic N) is 2. The molecule has 1 aliphatic heterocycles. The van der Waals surface area contributed by atoms with Gasteiger partial charge in [0.2, 0.25) is 0 Å². The molecule has 1 atom stereocenters. The zero-order chi connectivity index (χ0) is 15.1. The minimum absolute atomic E-state index is 0.0228. The summed E-state index contributed by atoms with van der Waals surface area (Å²) in [6.45, 7) is 6.22. The molecule has 1 aliphatic rings. The van der Waals surface area contributed by atoms with Crippen LogP contribution in [0.2, 0.25) is 0 Å². The van der Waals surface area contributed by atoms with Crippen LogP contribution in [0.25, 0.3) is 0 Å². The first-order valence-electron chi connectivity index (χ1n) is 6.53. The van der Waals surface area contributed by atoms with E-state index in [1.807, 2.05) is 13.8 Å². The number of aliphatic carboxylic acids is 1. The molecule has 1 amide bonds. The van der Waals surface area contributed by atoms with Gasteiger partial charge in [0.15, 0.2) is 5.13 Å². The molecule has 1 aromatic rings. The predicted octanol–water partition coefficient (Wildman–Crippen LogP) is 1.61. The number of nitrogens with two attached hydrogens (primary N) is 1. The van der Waals surface area contributed by atoms with Crippen molar-refractivity contribution in [3.8, 4) is 0 Å². The zero-order valence-corrected chi connectivity index (χ0v) is 12.7. The number of hydrogen-bond acceptors (Lipinski definition) is 5. The van der Waals surface area contributed by atoms with Crippen LogP contribution in [0.5, 0.6) is 0 Å². The van der Waals surface area contributed by atoms with E-state index in [1.165, 1.54) is 0 Å². The molecular weight excluding hydrogens is 278 g/mol. The Balaban J connectivity index is 2.23. The average molecular weight is 297 g/mol. The van der Waals surface area contributed by atoms with Crippen molar-refractivity contribution in [2.24, 2.45) is 11.3 Å². The topological polar surface area (TPSA) is 96.5 Å². The molecule has 0 aliphatic carbocycles. The average Bonchev–Trinajstić information content (AvgIpc) is 2.93. The third-order valence-corrected chi connectivity index (χ3v) is 5.10. The zero-order valence-electron chi connectivity index (χ0n) is 11.8. The van der Waals surface area contributed by atoms with E-state index in [1.54, 1.807) is 11.8 Å². The lowest BCUT2D eigenvalue weighted by atomic mass is 9.76. The van der Waals surface area contributed by atoms with Crippen LogP contribution in [0.4, 0.5) is 5.13 Å². The highest BCUT2D eigenvalue weighted by Gasteiger charge is 2.48. The monoisotopic (exact) mass is 297 g/mol. The van der Waals surface area contributed by atoms with Gasteiger partial charge in [0.1, 0.15) is 4.88 Å². The van der Waals surface area contributed by atoms with Crippen molar-refractivity contribution in [2.45, 2.75) is 27.2 Å². The molecule has 0 bridgehead atoms. The minimum atomic E-state index is -0.847. The quantitative estimate of drug-likeness (QED) is 0.883. The van der Waals surface area contributed by atoms with Crippen molar-refractivity contribution in [2.75, 3.05) is 18.8 Å². The van der Waals surface area contributed by atoms with Crippen molar-refractivity contribution in [3.05, 3.63) is 10.6 Å². The number of thiazole rings is 1. The number of aromatic nitrogens is 1. The van der Waals surface area contributed by atoms with E-state index < -0.39 is 11.4 Å². The molecule has 1 unspecified atom stereocenters. The number of carbonyl (C=O) groups is 2. The first-order chi connectivity index (χ1) is 9.28. The molecule has 1 fully saturated rings. The summed E-state index contributed by atoms with van der Waals surface area (Å²) in [4.78, 5) is 30.2. The first-order valence-corrected chi connectivity index (χ1v) is 7.35. The van der Waals surface area contributed by atoms with Gasteiger partial charge in [-0.3, -0.25) is 9.59 Å². The lowest BCUT2D eigenvalue weighted by Crippen LogP contribution is -2.40. The second-order valence-electron chi connectivity index (χ2n) is 5.56. The van der Waals surface area contributed by atoms with Gasteiger partial charge < -0.3 is 15.7 Å². The van der Waals surface area contributed by atoms with Gasteiger partial charge in [0.05, 0.1) is 11.1 Å². The number of aryl methyl sites for hydroxylation is 1. The van der Waals surface area contributed by atoms with E-state index in [0.29, 0.717) is 28.7 Å². The fourth-order valence-corrected chi connectivity index (χ4v) is 3.46. The summed E-state index contributed by atoms with van der Waals surface area (Å²) < 4.78 is 0. The van der Waals surface area contributed by atoms with Gasteiger partial charge in [-0.1, -0.05) is 25.2 Å². The van der Waals surface area contributed by atoms with Gasteiger partial charge in [-0.2, -0.15) is 0 Å². The molecule has 0 saturated carbocycles. The van der Waals surface area contributed by atoms with Gasteiger partial charge in [-0.15, -0.1) is 0 Å². The van der Waals surface area contributed by atoms with Crippen LogP contribution in [-0.4, -0.2) is 40.0 Å². The molecule has 1 aromatic heterocycles. The molecule has 20 heavy (non-hydrogen) atoms. The molecule has 3 N–H and O–H groups in total. The summed E-state index contributed by atoms with van der Waals surface area (Å²) in [5.74, 6) is -1.02. The molecule has 0 radical (unpaired) electrons. The normalized spacial score (nSPS) is 22.5. The largest absolute Gasteiger partial charge is 0.481 e. The van der Waals surface area contributed by atoms with Crippen LogP contribution in [0.3, 0.4) is 0 Å². The highest BCUT2D eigenvalue weighted by molar-refractivity contribution is 7.17. The van der Waals surface area contributed by atoms with Gasteiger partial charge in [0, 0.05) is 13.1 Å². The molecule has 7 heteroatoms. The Hall–Kier alpha value is -1.63. The predicted molar refractivity (Wildman–Crippen MR) is 76.7 cm³/mol. The summed E-state index contributed by atoms with van der Waals surface area (Å²) in [6.07, 6.45) is 0.485. The maximum atomic E-state index is 12.5. The lowest BCUT2D eigenvalue weighted by Gasteiger charge is -2.28. The van der Waals surface area contributed by atoms with Crippen molar-refractivity contribution in [3.63, 3.8) is 0 Å². The standard InChI is InChI=1S/C13H19N3O3S/c1-7(2)13(11(18)19)4-5-16(6-13)10(17)9-8(3)15-12(14)20-9/h7H,4-6H2,1-3H3,(H2,14,15)(H,18,19). The van der Waals surface area contributed by atoms with Gasteiger partial charge >= 0.3 is 5.97 Å². The number of rotatable bonds is 3. The van der Waals surface area contributed by atoms with Crippen molar-refractivity contribution in [1.82, 2.24) is 9.88 Å². The van der Waals surface area contributed by atoms with E-state index in [0.717, 1.165) is 11.3 Å². The van der Waals surface area contributed by atoms with E-state index in [2.05, 4.69) is 4.98 Å². The number of nitrogen functional groups attached to an aromatic ring is 1. The van der Waals surface area contributed by atoms with Crippen molar-refractivity contribution >= 4 is 28.3 Å². The number of hydrogen-bond donors (Lipinski definition) is 2. The fraction of sp³-hybridized carbons (Fsp3) is 0.615. The maximum absolute atomic E-state index is 12.5. The Morgan fingerprint density at radius 2 is 2.15 bits per heavy atom. The molecule has 0 aromatic carbocycles. The molecule has 110 valence electrons. The molecule has 2 heterocycles. The van der Waals surface area contributed by atoms with Gasteiger partial charge in [-0.25, -0.2) is 4.98 Å². The van der Waals surface area contributed by atoms with Gasteiger partial charge in [0.25, 0.3) is 5.91 Å². The third kappa shape index (κ3) is 2.26. The van der Waals surface area contributed by atoms with Crippen LogP contribution in [-0.2, 0) is 4.79 Å². The minimum Gasteiger partial charge on any atom is -0.481 e. The van der Waals surface area contributed by atoms with Crippen LogP contribution >= 0.6 is 11.3 Å². The van der Waals surface area contributed by atoms with E-state index in [-0.39, 0.29) is 18.4 Å². The second-order valence-corrected chi connectivity index (χ2v) is 6.59. The molecule has 1 saturated heterocycles. The van der Waals surface area contributed by atoms with Crippen molar-refractivity contribution < 1.29 is 14.7 Å². The number of anilines is 1. The third-order valence-electron chi connectivity index (χ3n) is 4.13. The second kappa shape index (κ2) is 5.05. The molecular formula is C13H19N3O3S. The van der Waals surface area contributed by atoms with Crippen LogP contribution in [0, 0.1) is 18.3 Å². The van der Waals surface area contributed by atoms with E-state index in [4.69, 9.17) is 5.73 Å². The molecule has 0 spiro atoms. The number of carboxylic acids is 1. The van der Waals surface area contributed by atoms with E-state index in [9.17, 15) is 14.7 Å². The lowest BCUT2D eigenvalue weighted by molar-refractivity contribution is -0.150. The first kappa shape index (κ1) is 14.8. The van der Waals surface area contributed by atoms with Gasteiger partial charge in [-0.05, 0) is 19.3 Å². The maximum Gasteiger partial charge on any atom is 0.311 e. The highest BCUT2D eigenvalue weighted by Crippen LogP contribution is 2.39. The smallest absolute Gasteiger partial charge is 0.311 e. The number of likely N-dealkylation sites (tertiary alicyclic amines) is 1. The molecule has 6 nitrogen and oxygen atoms in total. The molecule has 2 rings (SSSR count). The summed E-state index contributed by atoms with van der Waals surface area (Å²) in [5, 5.41) is 9.85. The Morgan fingerprint density at radius 3 is 2.55 bits per heavy atom. The van der Waals surface area contributed by atoms with Crippen molar-refractivity contribution in [1.29, 1.82) is 0 Å². The summed E-state index contributed by atoms with van der Waals surface area (Å²) >= 11 is 1.15. The Labute approximate surface area is 121 Å². The SMILES string of the molecule is Cc1nc(N)sc1C(=O)N1CCC(C(=O)O)(C(C)C)C1. The Morgan fingerprint density at radius 1 is 1.50 bits per heavy atom. The number of carboxylic acid groups (broad SMARTS) is 1. The van der Waals surface area contributed by atoms with Crippen LogP contribution in [0.1, 0.15) is 35.6 Å². The number of carbonyl (C=O) groups excluding carboxylic acids is 1. The summed E-state index contributed by atoms with van der Waals surface area (Å²) in [5.41, 5.74) is 5.37. The number of amides is 1. The van der Waals surface area contributed by atoms with Crippen LogP contribution < -0.4 is 5.73 Å². The fourth-order valence-electron chi connectivity index (χ4n) is 2.66. The Bertz CT molecular complexity index is 555. The highest BCUT2D eigenvalue weighted by atomic mass is 32.1. The summed E-state index contributed by atoms with van der Waals surface area (Å²) in [7, 11) is 0. The van der Waals surface area contributed by atoms with Crippen LogP contribution in [0.15, 0.2) is 0 Å². The summed E-state index contributed by atoms with van der Waals surface area (Å²) in [6, 6.07) is 0.